The summed E-state index contributed by atoms with van der Waals surface area (Å²) < 4.78 is 6.84. The van der Waals surface area contributed by atoms with Gasteiger partial charge in [-0.3, -0.25) is 0 Å². The molecule has 0 aliphatic carbocycles. The summed E-state index contributed by atoms with van der Waals surface area (Å²) in [5.74, 6) is 0.924. The maximum Gasteiger partial charge on any atom is 0.119 e. The average Bonchev–Trinajstić information content (AvgIpc) is 2.26. The van der Waals surface area contributed by atoms with Crippen molar-refractivity contribution in [1.82, 2.24) is 5.32 Å². The lowest BCUT2D eigenvalue weighted by molar-refractivity contribution is 0.177. The highest BCUT2D eigenvalue weighted by Crippen LogP contribution is 2.20. The van der Waals surface area contributed by atoms with Crippen molar-refractivity contribution in [2.75, 3.05) is 19.7 Å². The van der Waals surface area contributed by atoms with Crippen molar-refractivity contribution in [3.63, 3.8) is 0 Å². The Balaban J connectivity index is 2.41. The van der Waals surface area contributed by atoms with Crippen LogP contribution in [0.1, 0.15) is 20.8 Å². The Morgan fingerprint density at radius 1 is 1.25 bits per heavy atom. The highest BCUT2D eigenvalue weighted by Gasteiger charge is 2.17. The minimum absolute atomic E-state index is 0.156. The fourth-order valence-electron chi connectivity index (χ4n) is 1.32. The van der Waals surface area contributed by atoms with E-state index in [9.17, 15) is 0 Å². The maximum atomic E-state index is 5.76. The predicted octanol–water partition coefficient (Wildman–Crippen LogP) is 3.46. The van der Waals surface area contributed by atoms with Gasteiger partial charge in [0, 0.05) is 16.4 Å². The Labute approximate surface area is 107 Å². The molecule has 2 nitrogen and oxygen atoms in total. The van der Waals surface area contributed by atoms with Crippen LogP contribution in [0.5, 0.6) is 5.75 Å². The van der Waals surface area contributed by atoms with E-state index in [2.05, 4.69) is 42.0 Å². The molecule has 0 aromatic heterocycles. The summed E-state index contributed by atoms with van der Waals surface area (Å²) in [5.41, 5.74) is 0.156. The minimum atomic E-state index is 0.156. The van der Waals surface area contributed by atoms with Gasteiger partial charge in [0.25, 0.3) is 0 Å². The molecule has 0 atom stereocenters. The highest BCUT2D eigenvalue weighted by atomic mass is 79.9. The first-order valence-corrected chi connectivity index (χ1v) is 6.42. The van der Waals surface area contributed by atoms with E-state index in [1.807, 2.05) is 24.3 Å². The van der Waals surface area contributed by atoms with Gasteiger partial charge in [-0.15, -0.1) is 0 Å². The number of ether oxygens (including phenoxy) is 1. The molecular weight excluding hydrogens is 266 g/mol. The highest BCUT2D eigenvalue weighted by molar-refractivity contribution is 9.10. The first-order chi connectivity index (χ1) is 7.53. The molecule has 1 aromatic carbocycles. The van der Waals surface area contributed by atoms with Crippen LogP contribution in [0.3, 0.4) is 0 Å². The molecule has 3 heteroatoms. The molecule has 0 spiro atoms. The number of halogens is 1. The fraction of sp³-hybridized carbons (Fsp3) is 0.538. The van der Waals surface area contributed by atoms with E-state index in [0.29, 0.717) is 0 Å². The van der Waals surface area contributed by atoms with Gasteiger partial charge < -0.3 is 10.1 Å². The third-order valence-electron chi connectivity index (χ3n) is 2.30. The molecule has 0 bridgehead atoms. The molecule has 16 heavy (non-hydrogen) atoms. The Bertz CT molecular complexity index is 308. The number of benzene rings is 1. The molecule has 90 valence electrons. The van der Waals surface area contributed by atoms with Gasteiger partial charge in [-0.25, -0.2) is 0 Å². The van der Waals surface area contributed by atoms with Crippen LogP contribution in [-0.2, 0) is 0 Å². The minimum Gasteiger partial charge on any atom is -0.493 e. The van der Waals surface area contributed by atoms with E-state index < -0.39 is 0 Å². The Hall–Kier alpha value is -0.540. The monoisotopic (exact) mass is 285 g/mol. The second kappa shape index (κ2) is 6.26. The quantitative estimate of drug-likeness (QED) is 0.864. The zero-order chi connectivity index (χ0) is 12.0. The molecule has 1 N–H and O–H groups in total. The molecule has 0 amide bonds. The van der Waals surface area contributed by atoms with Gasteiger partial charge in [-0.2, -0.15) is 0 Å². The lowest BCUT2D eigenvalue weighted by atomic mass is 9.95. The molecule has 0 radical (unpaired) electrons. The Morgan fingerprint density at radius 3 is 2.44 bits per heavy atom. The fourth-order valence-corrected chi connectivity index (χ4v) is 1.59. The summed E-state index contributed by atoms with van der Waals surface area (Å²) in [4.78, 5) is 0. The number of hydrogen-bond donors (Lipinski definition) is 1. The van der Waals surface area contributed by atoms with Crippen LogP contribution < -0.4 is 10.1 Å². The zero-order valence-electron chi connectivity index (χ0n) is 10.2. The molecule has 0 saturated carbocycles. The van der Waals surface area contributed by atoms with E-state index in [0.717, 1.165) is 29.9 Å². The second-order valence-corrected chi connectivity index (χ2v) is 5.60. The van der Waals surface area contributed by atoms with Crippen molar-refractivity contribution in [3.05, 3.63) is 28.7 Å². The van der Waals surface area contributed by atoms with Crippen LogP contribution in [0, 0.1) is 5.41 Å². The van der Waals surface area contributed by atoms with Gasteiger partial charge >= 0.3 is 0 Å². The van der Waals surface area contributed by atoms with Crippen molar-refractivity contribution in [2.45, 2.75) is 20.8 Å². The molecule has 0 saturated heterocycles. The van der Waals surface area contributed by atoms with Crippen molar-refractivity contribution in [3.8, 4) is 5.75 Å². The van der Waals surface area contributed by atoms with Crippen LogP contribution in [0.15, 0.2) is 28.7 Å². The Morgan fingerprint density at radius 2 is 1.88 bits per heavy atom. The molecule has 1 rings (SSSR count). The van der Waals surface area contributed by atoms with Crippen LogP contribution in [0.4, 0.5) is 0 Å². The van der Waals surface area contributed by atoms with Gasteiger partial charge in [-0.1, -0.05) is 36.7 Å². The third-order valence-corrected chi connectivity index (χ3v) is 2.83. The SMILES string of the molecule is CCNCC(C)(C)COc1ccc(Br)cc1. The van der Waals surface area contributed by atoms with E-state index in [4.69, 9.17) is 4.74 Å². The van der Waals surface area contributed by atoms with E-state index >= 15 is 0 Å². The van der Waals surface area contributed by atoms with Crippen molar-refractivity contribution in [1.29, 1.82) is 0 Å². The van der Waals surface area contributed by atoms with Crippen molar-refractivity contribution >= 4 is 15.9 Å². The smallest absolute Gasteiger partial charge is 0.119 e. The zero-order valence-corrected chi connectivity index (χ0v) is 11.8. The van der Waals surface area contributed by atoms with Crippen molar-refractivity contribution in [2.24, 2.45) is 5.41 Å². The van der Waals surface area contributed by atoms with E-state index in [-0.39, 0.29) is 5.41 Å². The van der Waals surface area contributed by atoms with Gasteiger partial charge in [-0.05, 0) is 30.8 Å². The third kappa shape index (κ3) is 4.99. The van der Waals surface area contributed by atoms with Gasteiger partial charge in [0.2, 0.25) is 0 Å². The average molecular weight is 286 g/mol. The largest absolute Gasteiger partial charge is 0.493 e. The summed E-state index contributed by atoms with van der Waals surface area (Å²) in [6, 6.07) is 7.94. The summed E-state index contributed by atoms with van der Waals surface area (Å²) in [5, 5.41) is 3.35. The van der Waals surface area contributed by atoms with Crippen LogP contribution >= 0.6 is 15.9 Å². The first kappa shape index (κ1) is 13.5. The maximum absolute atomic E-state index is 5.76. The normalized spacial score (nSPS) is 11.5. The molecule has 0 unspecified atom stereocenters. The summed E-state index contributed by atoms with van der Waals surface area (Å²) in [7, 11) is 0. The van der Waals surface area contributed by atoms with Crippen molar-refractivity contribution < 1.29 is 4.74 Å². The van der Waals surface area contributed by atoms with Crippen LogP contribution in [0.2, 0.25) is 0 Å². The lowest BCUT2D eigenvalue weighted by Crippen LogP contribution is -2.34. The Kier molecular flexibility index (Phi) is 5.29. The van der Waals surface area contributed by atoms with Crippen LogP contribution in [-0.4, -0.2) is 19.7 Å². The summed E-state index contributed by atoms with van der Waals surface area (Å²) in [6.07, 6.45) is 0. The molecular formula is C13H20BrNO. The lowest BCUT2D eigenvalue weighted by Gasteiger charge is -2.24. The first-order valence-electron chi connectivity index (χ1n) is 5.62. The summed E-state index contributed by atoms with van der Waals surface area (Å²) in [6.45, 7) is 9.22. The predicted molar refractivity (Wildman–Crippen MR) is 72.0 cm³/mol. The number of rotatable bonds is 6. The van der Waals surface area contributed by atoms with Gasteiger partial charge in [0.1, 0.15) is 5.75 Å². The van der Waals surface area contributed by atoms with Gasteiger partial charge in [0.15, 0.2) is 0 Å². The number of nitrogens with one attached hydrogen (secondary N) is 1. The number of hydrogen-bond acceptors (Lipinski definition) is 2. The van der Waals surface area contributed by atoms with E-state index in [1.54, 1.807) is 0 Å². The second-order valence-electron chi connectivity index (χ2n) is 4.69. The molecule has 0 heterocycles. The van der Waals surface area contributed by atoms with E-state index in [1.165, 1.54) is 0 Å². The molecule has 1 aromatic rings. The topological polar surface area (TPSA) is 21.3 Å². The molecule has 0 fully saturated rings. The van der Waals surface area contributed by atoms with Gasteiger partial charge in [0.05, 0.1) is 6.61 Å². The standard InChI is InChI=1S/C13H20BrNO/c1-4-15-9-13(2,3)10-16-12-7-5-11(14)6-8-12/h5-8,15H,4,9-10H2,1-3H3. The molecule has 0 aliphatic rings. The van der Waals surface area contributed by atoms with Crippen LogP contribution in [0.25, 0.3) is 0 Å². The molecule has 0 aliphatic heterocycles. The summed E-state index contributed by atoms with van der Waals surface area (Å²) >= 11 is 3.40.